The van der Waals surface area contributed by atoms with Gasteiger partial charge >= 0.3 is 0 Å². The predicted molar refractivity (Wildman–Crippen MR) is 109 cm³/mol. The molecule has 0 aliphatic carbocycles. The lowest BCUT2D eigenvalue weighted by Gasteiger charge is -2.16. The summed E-state index contributed by atoms with van der Waals surface area (Å²) in [4.78, 5) is 26.0. The molecule has 138 valence electrons. The first-order chi connectivity index (χ1) is 12.5. The number of anilines is 1. The molecule has 0 aromatic heterocycles. The molecule has 0 bridgehead atoms. The second-order valence-corrected chi connectivity index (χ2v) is 7.47. The minimum Gasteiger partial charge on any atom is -0.352 e. The van der Waals surface area contributed by atoms with Crippen molar-refractivity contribution in [1.29, 1.82) is 0 Å². The lowest BCUT2D eigenvalue weighted by Crippen LogP contribution is -2.28. The Kier molecular flexibility index (Phi) is 8.01. The van der Waals surface area contributed by atoms with Gasteiger partial charge in [0, 0.05) is 16.5 Å². The van der Waals surface area contributed by atoms with Crippen molar-refractivity contribution in [1.82, 2.24) is 5.32 Å². The van der Waals surface area contributed by atoms with Crippen LogP contribution in [0.15, 0.2) is 53.4 Å². The molecule has 2 aromatic rings. The molecule has 2 N–H and O–H groups in total. The van der Waals surface area contributed by atoms with Crippen LogP contribution < -0.4 is 10.6 Å². The van der Waals surface area contributed by atoms with Crippen LogP contribution in [0, 0.1) is 0 Å². The molecule has 0 aliphatic rings. The normalized spacial score (nSPS) is 11.7. The molecule has 0 fully saturated rings. The van der Waals surface area contributed by atoms with E-state index in [1.54, 1.807) is 24.3 Å². The molecule has 6 heteroatoms. The van der Waals surface area contributed by atoms with Gasteiger partial charge in [-0.3, -0.25) is 9.59 Å². The molecule has 26 heavy (non-hydrogen) atoms. The molecule has 2 amide bonds. The molecule has 0 radical (unpaired) electrons. The quantitative estimate of drug-likeness (QED) is 0.624. The number of para-hydroxylation sites is 1. The zero-order valence-electron chi connectivity index (χ0n) is 14.9. The van der Waals surface area contributed by atoms with E-state index in [4.69, 9.17) is 11.6 Å². The predicted octanol–water partition coefficient (Wildman–Crippen LogP) is 4.99. The molecule has 2 rings (SSSR count). The van der Waals surface area contributed by atoms with Crippen LogP contribution >= 0.6 is 23.4 Å². The molecule has 0 saturated carbocycles. The molecule has 0 spiro atoms. The Hall–Kier alpha value is -1.98. The fraction of sp³-hybridized carbons (Fsp3) is 0.300. The van der Waals surface area contributed by atoms with E-state index in [1.807, 2.05) is 38.1 Å². The molecule has 0 heterocycles. The van der Waals surface area contributed by atoms with Gasteiger partial charge in [-0.25, -0.2) is 0 Å². The highest BCUT2D eigenvalue weighted by atomic mass is 35.5. The van der Waals surface area contributed by atoms with Gasteiger partial charge in [0.15, 0.2) is 0 Å². The highest BCUT2D eigenvalue weighted by Crippen LogP contribution is 2.28. The Morgan fingerprint density at radius 3 is 2.42 bits per heavy atom. The van der Waals surface area contributed by atoms with Crippen LogP contribution in [0.5, 0.6) is 0 Å². The average Bonchev–Trinajstić information content (AvgIpc) is 2.66. The summed E-state index contributed by atoms with van der Waals surface area (Å²) >= 11 is 7.39. The minimum atomic E-state index is -0.261. The van der Waals surface area contributed by atoms with Gasteiger partial charge in [0.25, 0.3) is 5.91 Å². The van der Waals surface area contributed by atoms with Crippen LogP contribution in [0.4, 0.5) is 5.69 Å². The molecule has 0 aliphatic heterocycles. The highest BCUT2D eigenvalue weighted by molar-refractivity contribution is 8.00. The summed E-state index contributed by atoms with van der Waals surface area (Å²) < 4.78 is 0. The summed E-state index contributed by atoms with van der Waals surface area (Å²) in [6.07, 6.45) is 1.53. The molecule has 1 atom stereocenters. The molecule has 0 saturated heterocycles. The second-order valence-electron chi connectivity index (χ2n) is 5.76. The third-order valence-electron chi connectivity index (χ3n) is 3.72. The van der Waals surface area contributed by atoms with E-state index < -0.39 is 0 Å². The van der Waals surface area contributed by atoms with Crippen LogP contribution in [0.2, 0.25) is 5.02 Å². The summed E-state index contributed by atoms with van der Waals surface area (Å²) in [5.74, 6) is -0.302. The van der Waals surface area contributed by atoms with Gasteiger partial charge in [-0.15, -0.1) is 11.8 Å². The maximum atomic E-state index is 12.7. The maximum absolute atomic E-state index is 12.7. The third kappa shape index (κ3) is 5.78. The van der Waals surface area contributed by atoms with E-state index >= 15 is 0 Å². The van der Waals surface area contributed by atoms with Gasteiger partial charge in [0.2, 0.25) is 5.91 Å². The van der Waals surface area contributed by atoms with Crippen molar-refractivity contribution in [2.45, 2.75) is 36.8 Å². The number of thioether (sulfide) groups is 1. The summed E-state index contributed by atoms with van der Waals surface area (Å²) in [5, 5.41) is 6.15. The monoisotopic (exact) mass is 390 g/mol. The van der Waals surface area contributed by atoms with Crippen LogP contribution in [-0.4, -0.2) is 23.6 Å². The van der Waals surface area contributed by atoms with Gasteiger partial charge in [-0.1, -0.05) is 37.6 Å². The van der Waals surface area contributed by atoms with Crippen LogP contribution in [0.1, 0.15) is 37.0 Å². The number of hydrogen-bond acceptors (Lipinski definition) is 3. The molecule has 0 unspecified atom stereocenters. The molecular weight excluding hydrogens is 368 g/mol. The first-order valence-electron chi connectivity index (χ1n) is 8.65. The third-order valence-corrected chi connectivity index (χ3v) is 5.35. The topological polar surface area (TPSA) is 58.2 Å². The van der Waals surface area contributed by atoms with Crippen LogP contribution in [-0.2, 0) is 4.79 Å². The smallest absolute Gasteiger partial charge is 0.253 e. The largest absolute Gasteiger partial charge is 0.352 e. The van der Waals surface area contributed by atoms with E-state index in [0.717, 1.165) is 11.3 Å². The van der Waals surface area contributed by atoms with Gasteiger partial charge in [0.1, 0.15) is 0 Å². The summed E-state index contributed by atoms with van der Waals surface area (Å²) in [6, 6.07) is 14.5. The van der Waals surface area contributed by atoms with Crippen LogP contribution in [0.3, 0.4) is 0 Å². The zero-order chi connectivity index (χ0) is 18.9. The van der Waals surface area contributed by atoms with Gasteiger partial charge in [-0.05, 0) is 49.2 Å². The number of benzene rings is 2. The standard InChI is InChI=1S/C20H23ClN2O2S/c1-3-13-22-19(24)16-7-5-6-8-17(16)23-20(25)18(4-2)26-15-11-9-14(21)10-12-15/h5-12,18H,3-4,13H2,1-2H3,(H,22,24)(H,23,25)/t18-/m1/s1. The van der Waals surface area contributed by atoms with Crippen molar-refractivity contribution in [3.63, 3.8) is 0 Å². The van der Waals surface area contributed by atoms with E-state index in [1.165, 1.54) is 11.8 Å². The van der Waals surface area contributed by atoms with Crippen molar-refractivity contribution in [2.24, 2.45) is 0 Å². The Balaban J connectivity index is 2.09. The Morgan fingerprint density at radius 2 is 1.77 bits per heavy atom. The van der Waals surface area contributed by atoms with E-state index in [9.17, 15) is 9.59 Å². The second kappa shape index (κ2) is 10.2. The highest BCUT2D eigenvalue weighted by Gasteiger charge is 2.20. The molecular formula is C20H23ClN2O2S. The van der Waals surface area contributed by atoms with Crippen molar-refractivity contribution in [2.75, 3.05) is 11.9 Å². The fourth-order valence-corrected chi connectivity index (χ4v) is 3.42. The number of halogens is 1. The number of rotatable bonds is 8. The van der Waals surface area contributed by atoms with Crippen LogP contribution in [0.25, 0.3) is 0 Å². The number of hydrogen-bond donors (Lipinski definition) is 2. The summed E-state index contributed by atoms with van der Waals surface area (Å²) in [5.41, 5.74) is 1.00. The van der Waals surface area contributed by atoms with Crippen molar-refractivity contribution < 1.29 is 9.59 Å². The minimum absolute atomic E-state index is 0.122. The number of amides is 2. The maximum Gasteiger partial charge on any atom is 0.253 e. The number of carbonyl (C=O) groups is 2. The van der Waals surface area contributed by atoms with Crippen molar-refractivity contribution in [3.8, 4) is 0 Å². The van der Waals surface area contributed by atoms with Crippen molar-refractivity contribution >= 4 is 40.9 Å². The van der Waals surface area contributed by atoms with Gasteiger partial charge < -0.3 is 10.6 Å². The molecule has 4 nitrogen and oxygen atoms in total. The lowest BCUT2D eigenvalue weighted by atomic mass is 10.1. The Morgan fingerprint density at radius 1 is 1.08 bits per heavy atom. The number of carbonyl (C=O) groups excluding carboxylic acids is 2. The van der Waals surface area contributed by atoms with E-state index in [-0.39, 0.29) is 17.1 Å². The zero-order valence-corrected chi connectivity index (χ0v) is 16.5. The SMILES string of the molecule is CCCNC(=O)c1ccccc1NC(=O)[C@@H](CC)Sc1ccc(Cl)cc1. The summed E-state index contributed by atoms with van der Waals surface area (Å²) in [6.45, 7) is 4.56. The Labute approximate surface area is 163 Å². The summed E-state index contributed by atoms with van der Waals surface area (Å²) in [7, 11) is 0. The fourth-order valence-electron chi connectivity index (χ4n) is 2.34. The van der Waals surface area contributed by atoms with Gasteiger partial charge in [-0.2, -0.15) is 0 Å². The average molecular weight is 391 g/mol. The van der Waals surface area contributed by atoms with Crippen molar-refractivity contribution in [3.05, 3.63) is 59.1 Å². The van der Waals surface area contributed by atoms with Gasteiger partial charge in [0.05, 0.1) is 16.5 Å². The lowest BCUT2D eigenvalue weighted by molar-refractivity contribution is -0.115. The first-order valence-corrected chi connectivity index (χ1v) is 9.91. The molecule has 2 aromatic carbocycles. The first kappa shape index (κ1) is 20.3. The van der Waals surface area contributed by atoms with E-state index in [0.29, 0.717) is 29.2 Å². The Bertz CT molecular complexity index is 750. The number of nitrogens with one attached hydrogen (secondary N) is 2. The van der Waals surface area contributed by atoms with E-state index in [2.05, 4.69) is 10.6 Å².